The van der Waals surface area contributed by atoms with Crippen LogP contribution in [-0.2, 0) is 4.74 Å². The fourth-order valence-electron chi connectivity index (χ4n) is 2.87. The van der Waals surface area contributed by atoms with E-state index in [0.29, 0.717) is 29.4 Å². The molecule has 0 aromatic heterocycles. The number of esters is 1. The Kier molecular flexibility index (Phi) is 5.63. The van der Waals surface area contributed by atoms with Gasteiger partial charge in [0.25, 0.3) is 0 Å². The second-order valence-electron chi connectivity index (χ2n) is 5.93. The average molecular weight is 374 g/mol. The molecule has 1 aliphatic heterocycles. The van der Waals surface area contributed by atoms with Gasteiger partial charge in [-0.3, -0.25) is 0 Å². The lowest BCUT2D eigenvalue weighted by Gasteiger charge is -2.36. The van der Waals surface area contributed by atoms with Gasteiger partial charge < -0.3 is 19.9 Å². The Morgan fingerprint density at radius 3 is 2.38 bits per heavy atom. The van der Waals surface area contributed by atoms with E-state index in [1.54, 1.807) is 17.0 Å². The number of amides is 2. The lowest BCUT2D eigenvalue weighted by molar-refractivity contribution is 0.0600. The summed E-state index contributed by atoms with van der Waals surface area (Å²) in [7, 11) is 1.31. The van der Waals surface area contributed by atoms with Crippen LogP contribution >= 0.6 is 11.6 Å². The van der Waals surface area contributed by atoms with Gasteiger partial charge in [0.2, 0.25) is 0 Å². The minimum absolute atomic E-state index is 0.235. The van der Waals surface area contributed by atoms with Crippen LogP contribution in [0.2, 0.25) is 5.02 Å². The van der Waals surface area contributed by atoms with Gasteiger partial charge in [-0.2, -0.15) is 0 Å². The van der Waals surface area contributed by atoms with Gasteiger partial charge in [0.15, 0.2) is 0 Å². The number of anilines is 2. The number of nitrogens with one attached hydrogen (secondary N) is 1. The maximum atomic E-state index is 12.5. The number of para-hydroxylation sites is 1. The van der Waals surface area contributed by atoms with E-state index in [4.69, 9.17) is 16.3 Å². The van der Waals surface area contributed by atoms with E-state index in [0.717, 1.165) is 18.8 Å². The minimum Gasteiger partial charge on any atom is -0.465 e. The number of nitrogens with zero attached hydrogens (tertiary/aromatic N) is 2. The highest BCUT2D eigenvalue weighted by atomic mass is 35.5. The van der Waals surface area contributed by atoms with Gasteiger partial charge in [-0.25, -0.2) is 9.59 Å². The molecule has 2 aromatic carbocycles. The van der Waals surface area contributed by atoms with Crippen molar-refractivity contribution in [3.63, 3.8) is 0 Å². The van der Waals surface area contributed by atoms with Gasteiger partial charge in [0.1, 0.15) is 0 Å². The number of methoxy groups -OCH3 is 1. The molecule has 1 N–H and O–H groups in total. The zero-order valence-corrected chi connectivity index (χ0v) is 15.2. The van der Waals surface area contributed by atoms with E-state index in [9.17, 15) is 9.59 Å². The predicted molar refractivity (Wildman–Crippen MR) is 102 cm³/mol. The first-order valence-corrected chi connectivity index (χ1v) is 8.70. The number of hydrogen-bond donors (Lipinski definition) is 1. The maximum Gasteiger partial charge on any atom is 0.337 e. The standard InChI is InChI=1S/C19H20ClN3O3/c1-26-18(24)14-7-8-16(20)17(13-14)21-19(25)23-11-9-22(10-12-23)15-5-3-2-4-6-15/h2-8,13H,9-12H2,1H3,(H,21,25). The number of piperazine rings is 1. The first-order chi connectivity index (χ1) is 12.6. The molecule has 26 heavy (non-hydrogen) atoms. The quantitative estimate of drug-likeness (QED) is 0.837. The lowest BCUT2D eigenvalue weighted by Crippen LogP contribution is -2.50. The molecule has 1 fully saturated rings. The molecular weight excluding hydrogens is 354 g/mol. The molecule has 0 aliphatic carbocycles. The number of ether oxygens (including phenoxy) is 1. The molecule has 0 saturated carbocycles. The smallest absolute Gasteiger partial charge is 0.337 e. The summed E-state index contributed by atoms with van der Waals surface area (Å²) in [5.41, 5.74) is 1.88. The molecule has 2 aromatic rings. The molecule has 1 saturated heterocycles. The molecule has 1 aliphatic rings. The number of benzene rings is 2. The number of halogens is 1. The average Bonchev–Trinajstić information content (AvgIpc) is 2.69. The van der Waals surface area contributed by atoms with E-state index < -0.39 is 5.97 Å². The molecule has 2 amide bonds. The van der Waals surface area contributed by atoms with Gasteiger partial charge in [0.05, 0.1) is 23.4 Å². The van der Waals surface area contributed by atoms with Gasteiger partial charge in [0, 0.05) is 31.9 Å². The zero-order valence-electron chi connectivity index (χ0n) is 14.4. The highest BCUT2D eigenvalue weighted by Crippen LogP contribution is 2.24. The fourth-order valence-corrected chi connectivity index (χ4v) is 3.03. The number of rotatable bonds is 3. The second kappa shape index (κ2) is 8.10. The van der Waals surface area contributed by atoms with Crippen molar-refractivity contribution in [2.45, 2.75) is 0 Å². The molecule has 0 unspecified atom stereocenters. The summed E-state index contributed by atoms with van der Waals surface area (Å²) < 4.78 is 4.70. The van der Waals surface area contributed by atoms with Crippen LogP contribution in [0, 0.1) is 0 Å². The molecule has 1 heterocycles. The van der Waals surface area contributed by atoms with Crippen molar-refractivity contribution in [2.75, 3.05) is 43.5 Å². The van der Waals surface area contributed by atoms with E-state index in [2.05, 4.69) is 22.3 Å². The van der Waals surface area contributed by atoms with Gasteiger partial charge in [-0.1, -0.05) is 29.8 Å². The summed E-state index contributed by atoms with van der Waals surface area (Å²) in [6, 6.07) is 14.5. The first-order valence-electron chi connectivity index (χ1n) is 8.32. The summed E-state index contributed by atoms with van der Waals surface area (Å²) >= 11 is 6.14. The summed E-state index contributed by atoms with van der Waals surface area (Å²) in [5, 5.41) is 3.15. The number of hydrogen-bond acceptors (Lipinski definition) is 4. The van der Waals surface area contributed by atoms with Gasteiger partial charge in [-0.15, -0.1) is 0 Å². The Bertz CT molecular complexity index is 790. The van der Waals surface area contributed by atoms with Crippen molar-refractivity contribution in [3.8, 4) is 0 Å². The third kappa shape index (κ3) is 4.08. The number of carbonyl (C=O) groups excluding carboxylic acids is 2. The number of carbonyl (C=O) groups is 2. The van der Waals surface area contributed by atoms with Gasteiger partial charge in [-0.05, 0) is 30.3 Å². The Morgan fingerprint density at radius 2 is 1.73 bits per heavy atom. The highest BCUT2D eigenvalue weighted by molar-refractivity contribution is 6.33. The van der Waals surface area contributed by atoms with Crippen LogP contribution in [0.4, 0.5) is 16.2 Å². The van der Waals surface area contributed by atoms with Crippen molar-refractivity contribution >= 4 is 35.0 Å². The van der Waals surface area contributed by atoms with Crippen LogP contribution in [0.5, 0.6) is 0 Å². The Labute approximate surface area is 157 Å². The van der Waals surface area contributed by atoms with Crippen molar-refractivity contribution in [1.29, 1.82) is 0 Å². The molecule has 136 valence electrons. The second-order valence-corrected chi connectivity index (χ2v) is 6.33. The van der Waals surface area contributed by atoms with Gasteiger partial charge >= 0.3 is 12.0 Å². The third-order valence-electron chi connectivity index (χ3n) is 4.32. The molecule has 6 nitrogen and oxygen atoms in total. The minimum atomic E-state index is -0.478. The lowest BCUT2D eigenvalue weighted by atomic mass is 10.2. The molecule has 3 rings (SSSR count). The first kappa shape index (κ1) is 18.1. The highest BCUT2D eigenvalue weighted by Gasteiger charge is 2.22. The Morgan fingerprint density at radius 1 is 1.04 bits per heavy atom. The summed E-state index contributed by atoms with van der Waals surface area (Å²) in [6.45, 7) is 2.73. The van der Waals surface area contributed by atoms with Crippen molar-refractivity contribution in [2.24, 2.45) is 0 Å². The van der Waals surface area contributed by atoms with Crippen LogP contribution in [0.1, 0.15) is 10.4 Å². The fraction of sp³-hybridized carbons (Fsp3) is 0.263. The molecular formula is C19H20ClN3O3. The molecule has 0 spiro atoms. The van der Waals surface area contributed by atoms with E-state index >= 15 is 0 Å². The van der Waals surface area contributed by atoms with Crippen LogP contribution in [0.15, 0.2) is 48.5 Å². The van der Waals surface area contributed by atoms with Crippen LogP contribution < -0.4 is 10.2 Å². The topological polar surface area (TPSA) is 61.9 Å². The van der Waals surface area contributed by atoms with Crippen LogP contribution in [0.3, 0.4) is 0 Å². The van der Waals surface area contributed by atoms with Crippen molar-refractivity contribution < 1.29 is 14.3 Å². The van der Waals surface area contributed by atoms with Crippen molar-refractivity contribution in [1.82, 2.24) is 4.90 Å². The largest absolute Gasteiger partial charge is 0.465 e. The van der Waals surface area contributed by atoms with Crippen LogP contribution in [0.25, 0.3) is 0 Å². The van der Waals surface area contributed by atoms with E-state index in [1.165, 1.54) is 13.2 Å². The van der Waals surface area contributed by atoms with E-state index in [1.807, 2.05) is 18.2 Å². The molecule has 7 heteroatoms. The predicted octanol–water partition coefficient (Wildman–Crippen LogP) is 3.48. The Hall–Kier alpha value is -2.73. The molecule has 0 bridgehead atoms. The summed E-state index contributed by atoms with van der Waals surface area (Å²) in [5.74, 6) is -0.478. The monoisotopic (exact) mass is 373 g/mol. The van der Waals surface area contributed by atoms with Crippen LogP contribution in [-0.4, -0.2) is 50.2 Å². The summed E-state index contributed by atoms with van der Waals surface area (Å²) in [4.78, 5) is 28.2. The molecule has 0 atom stereocenters. The number of urea groups is 1. The maximum absolute atomic E-state index is 12.5. The van der Waals surface area contributed by atoms with E-state index in [-0.39, 0.29) is 6.03 Å². The molecule has 0 radical (unpaired) electrons. The zero-order chi connectivity index (χ0) is 18.5. The summed E-state index contributed by atoms with van der Waals surface area (Å²) in [6.07, 6.45) is 0. The van der Waals surface area contributed by atoms with Crippen molar-refractivity contribution in [3.05, 3.63) is 59.1 Å². The Balaban J connectivity index is 1.62. The normalized spacial score (nSPS) is 14.1. The SMILES string of the molecule is COC(=O)c1ccc(Cl)c(NC(=O)N2CCN(c3ccccc3)CC2)c1. The third-order valence-corrected chi connectivity index (χ3v) is 4.65.